The van der Waals surface area contributed by atoms with Crippen LogP contribution in [0.15, 0.2) is 41.3 Å². The molecule has 0 atom stereocenters. The van der Waals surface area contributed by atoms with E-state index in [4.69, 9.17) is 11.6 Å². The molecule has 0 bridgehead atoms. The smallest absolute Gasteiger partial charge is 0.281 e. The van der Waals surface area contributed by atoms with E-state index < -0.39 is 28.7 Å². The van der Waals surface area contributed by atoms with Gasteiger partial charge in [0.15, 0.2) is 0 Å². The monoisotopic (exact) mass is 349 g/mol. The van der Waals surface area contributed by atoms with Gasteiger partial charge in [0.2, 0.25) is 0 Å². The molecule has 5 nitrogen and oxygen atoms in total. The summed E-state index contributed by atoms with van der Waals surface area (Å²) in [5, 5.41) is 2.53. The maximum Gasteiger partial charge on any atom is 0.281 e. The summed E-state index contributed by atoms with van der Waals surface area (Å²) in [6.45, 7) is 1.50. The zero-order valence-electron chi connectivity index (χ0n) is 12.3. The van der Waals surface area contributed by atoms with Crippen molar-refractivity contribution in [2.24, 2.45) is 0 Å². The van der Waals surface area contributed by atoms with Crippen LogP contribution in [0.2, 0.25) is 5.02 Å². The Balaban J connectivity index is 2.10. The molecule has 1 N–H and O–H groups in total. The molecule has 0 aliphatic rings. The van der Waals surface area contributed by atoms with Crippen LogP contribution in [-0.2, 0) is 0 Å². The molecule has 0 spiro atoms. The highest BCUT2D eigenvalue weighted by Crippen LogP contribution is 2.16. The minimum Gasteiger partial charge on any atom is -0.316 e. The lowest BCUT2D eigenvalue weighted by Gasteiger charge is -2.10. The van der Waals surface area contributed by atoms with Crippen molar-refractivity contribution in [3.63, 3.8) is 0 Å². The van der Waals surface area contributed by atoms with Gasteiger partial charge < -0.3 is 5.32 Å². The predicted octanol–water partition coefficient (Wildman–Crippen LogP) is 3.19. The molecule has 3 aromatic rings. The highest BCUT2D eigenvalue weighted by Gasteiger charge is 2.20. The molecule has 0 saturated heterocycles. The van der Waals surface area contributed by atoms with E-state index in [1.54, 1.807) is 12.1 Å². The lowest BCUT2D eigenvalue weighted by molar-refractivity contribution is 0.101. The molecule has 0 aliphatic heterocycles. The zero-order valence-corrected chi connectivity index (χ0v) is 13.1. The molecule has 8 heteroatoms. The zero-order chi connectivity index (χ0) is 17.4. The number of anilines is 1. The number of pyridine rings is 1. The second-order valence-electron chi connectivity index (χ2n) is 5.00. The Kier molecular flexibility index (Phi) is 4.02. The summed E-state index contributed by atoms with van der Waals surface area (Å²) in [7, 11) is 0. The number of nitrogens with zero attached hydrogens (tertiary/aromatic N) is 2. The summed E-state index contributed by atoms with van der Waals surface area (Å²) in [6, 6.07) is 6.15. The maximum atomic E-state index is 13.7. The third kappa shape index (κ3) is 2.74. The van der Waals surface area contributed by atoms with Gasteiger partial charge in [-0.25, -0.2) is 13.8 Å². The van der Waals surface area contributed by atoms with Crippen LogP contribution in [0.25, 0.3) is 5.65 Å². The third-order valence-corrected chi connectivity index (χ3v) is 3.62. The normalized spacial score (nSPS) is 10.8. The molecule has 0 radical (unpaired) electrons. The Bertz CT molecular complexity index is 1010. The SMILES string of the molecule is Cc1nc2ccc(Cl)cn2c(=O)c1NC(=O)c1c(F)cccc1F. The van der Waals surface area contributed by atoms with E-state index >= 15 is 0 Å². The van der Waals surface area contributed by atoms with Crippen molar-refractivity contribution in [3.8, 4) is 0 Å². The van der Waals surface area contributed by atoms with Crippen molar-refractivity contribution in [1.82, 2.24) is 9.38 Å². The van der Waals surface area contributed by atoms with E-state index in [0.717, 1.165) is 22.6 Å². The van der Waals surface area contributed by atoms with Crippen molar-refractivity contribution in [2.75, 3.05) is 5.32 Å². The molecule has 0 fully saturated rings. The minimum atomic E-state index is -1.07. The fraction of sp³-hybridized carbons (Fsp3) is 0.0625. The number of hydrogen-bond acceptors (Lipinski definition) is 3. The fourth-order valence-electron chi connectivity index (χ4n) is 2.26. The highest BCUT2D eigenvalue weighted by molar-refractivity contribution is 6.30. The van der Waals surface area contributed by atoms with E-state index in [-0.39, 0.29) is 11.4 Å². The second-order valence-corrected chi connectivity index (χ2v) is 5.44. The van der Waals surface area contributed by atoms with Crippen LogP contribution in [0.4, 0.5) is 14.5 Å². The van der Waals surface area contributed by atoms with Crippen LogP contribution in [0.5, 0.6) is 0 Å². The molecule has 2 aromatic heterocycles. The van der Waals surface area contributed by atoms with Gasteiger partial charge in [-0.2, -0.15) is 0 Å². The summed E-state index contributed by atoms with van der Waals surface area (Å²) >= 11 is 5.85. The lowest BCUT2D eigenvalue weighted by atomic mass is 10.2. The van der Waals surface area contributed by atoms with Gasteiger partial charge in [-0.15, -0.1) is 0 Å². The van der Waals surface area contributed by atoms with Gasteiger partial charge in [-0.05, 0) is 31.2 Å². The number of carbonyl (C=O) groups excluding carboxylic acids is 1. The van der Waals surface area contributed by atoms with Crippen LogP contribution < -0.4 is 10.9 Å². The number of hydrogen-bond donors (Lipinski definition) is 1. The van der Waals surface area contributed by atoms with Crippen LogP contribution >= 0.6 is 11.6 Å². The molecular weight excluding hydrogens is 340 g/mol. The molecular formula is C16H10ClF2N3O2. The van der Waals surface area contributed by atoms with Crippen molar-refractivity contribution < 1.29 is 13.6 Å². The van der Waals surface area contributed by atoms with Crippen molar-refractivity contribution >= 4 is 28.8 Å². The van der Waals surface area contributed by atoms with Crippen LogP contribution in [0, 0.1) is 18.6 Å². The molecule has 24 heavy (non-hydrogen) atoms. The van der Waals surface area contributed by atoms with Gasteiger partial charge in [0, 0.05) is 6.20 Å². The first-order valence-corrected chi connectivity index (χ1v) is 7.20. The predicted molar refractivity (Wildman–Crippen MR) is 85.5 cm³/mol. The quantitative estimate of drug-likeness (QED) is 0.773. The summed E-state index contributed by atoms with van der Waals surface area (Å²) in [6.07, 6.45) is 1.34. The standard InChI is InChI=1S/C16H10ClF2N3O2/c1-8-14(16(24)22-7-9(17)5-6-12(22)20-8)21-15(23)13-10(18)3-2-4-11(13)19/h2-7H,1H3,(H,21,23). The van der Waals surface area contributed by atoms with E-state index in [1.807, 2.05) is 0 Å². The first-order chi connectivity index (χ1) is 11.4. The Labute approximate surface area is 139 Å². The highest BCUT2D eigenvalue weighted by atomic mass is 35.5. The van der Waals surface area contributed by atoms with E-state index in [0.29, 0.717) is 10.7 Å². The number of benzene rings is 1. The summed E-state index contributed by atoms with van der Waals surface area (Å²) in [5.41, 5.74) is -1.01. The molecule has 0 aliphatic carbocycles. The number of aromatic nitrogens is 2. The van der Waals surface area contributed by atoms with E-state index in [2.05, 4.69) is 10.3 Å². The van der Waals surface area contributed by atoms with Crippen molar-refractivity contribution in [3.05, 3.63) is 74.8 Å². The Hall–Kier alpha value is -2.80. The molecule has 1 amide bonds. The Morgan fingerprint density at radius 1 is 1.21 bits per heavy atom. The van der Waals surface area contributed by atoms with Crippen LogP contribution in [0.3, 0.4) is 0 Å². The first-order valence-electron chi connectivity index (χ1n) is 6.82. The Morgan fingerprint density at radius 3 is 2.54 bits per heavy atom. The van der Waals surface area contributed by atoms with E-state index in [1.165, 1.54) is 13.1 Å². The number of nitrogens with one attached hydrogen (secondary N) is 1. The van der Waals surface area contributed by atoms with E-state index in [9.17, 15) is 18.4 Å². The number of fused-ring (bicyclic) bond motifs is 1. The number of carbonyl (C=O) groups is 1. The number of halogens is 3. The van der Waals surface area contributed by atoms with Gasteiger partial charge in [0.1, 0.15) is 28.5 Å². The van der Waals surface area contributed by atoms with Crippen LogP contribution in [0.1, 0.15) is 16.1 Å². The fourth-order valence-corrected chi connectivity index (χ4v) is 2.42. The summed E-state index contributed by atoms with van der Waals surface area (Å²) in [4.78, 5) is 28.8. The van der Waals surface area contributed by atoms with Gasteiger partial charge in [0.25, 0.3) is 11.5 Å². The average molecular weight is 350 g/mol. The number of amides is 1. The molecule has 2 heterocycles. The molecule has 1 aromatic carbocycles. The van der Waals surface area contributed by atoms with Gasteiger partial charge >= 0.3 is 0 Å². The molecule has 3 rings (SSSR count). The molecule has 0 unspecified atom stereocenters. The van der Waals surface area contributed by atoms with Crippen molar-refractivity contribution in [1.29, 1.82) is 0 Å². The third-order valence-electron chi connectivity index (χ3n) is 3.40. The van der Waals surface area contributed by atoms with Crippen molar-refractivity contribution in [2.45, 2.75) is 6.92 Å². The molecule has 122 valence electrons. The summed E-state index contributed by atoms with van der Waals surface area (Å²) < 4.78 is 28.5. The average Bonchev–Trinajstić information content (AvgIpc) is 2.52. The minimum absolute atomic E-state index is 0.178. The van der Waals surface area contributed by atoms with Gasteiger partial charge in [-0.3, -0.25) is 14.0 Å². The van der Waals surface area contributed by atoms with Crippen LogP contribution in [-0.4, -0.2) is 15.3 Å². The summed E-state index contributed by atoms with van der Waals surface area (Å²) in [5.74, 6) is -3.13. The maximum absolute atomic E-state index is 13.7. The number of aryl methyl sites for hydroxylation is 1. The Morgan fingerprint density at radius 2 is 1.88 bits per heavy atom. The first kappa shape index (κ1) is 16.1. The molecule has 0 saturated carbocycles. The van der Waals surface area contributed by atoms with Gasteiger partial charge in [-0.1, -0.05) is 17.7 Å². The lowest BCUT2D eigenvalue weighted by Crippen LogP contribution is -2.26. The number of rotatable bonds is 2. The second kappa shape index (κ2) is 6.01. The largest absolute Gasteiger partial charge is 0.316 e. The van der Waals surface area contributed by atoms with Gasteiger partial charge in [0.05, 0.1) is 10.7 Å². The topological polar surface area (TPSA) is 63.5 Å².